The lowest BCUT2D eigenvalue weighted by molar-refractivity contribution is -0.149. The van der Waals surface area contributed by atoms with E-state index in [1.165, 1.54) is 32.1 Å². The van der Waals surface area contributed by atoms with E-state index in [1.807, 2.05) is 0 Å². The highest BCUT2D eigenvalue weighted by Gasteiger charge is 2.50. The van der Waals surface area contributed by atoms with Crippen molar-refractivity contribution >= 4 is 5.97 Å². The molecule has 0 heterocycles. The lowest BCUT2D eigenvalue weighted by Gasteiger charge is -2.11. The van der Waals surface area contributed by atoms with E-state index >= 15 is 0 Å². The van der Waals surface area contributed by atoms with Gasteiger partial charge in [0.2, 0.25) is 0 Å². The average molecular weight is 227 g/mol. The third kappa shape index (κ3) is 4.12. The van der Waals surface area contributed by atoms with Crippen LogP contribution in [0, 0.1) is 5.41 Å². The number of rotatable bonds is 9. The lowest BCUT2D eigenvalue weighted by atomic mass is 10.1. The number of esters is 1. The van der Waals surface area contributed by atoms with Gasteiger partial charge in [-0.05, 0) is 19.3 Å². The maximum atomic E-state index is 11.6. The third-order valence-electron chi connectivity index (χ3n) is 3.41. The van der Waals surface area contributed by atoms with Gasteiger partial charge in [-0.2, -0.15) is 0 Å². The summed E-state index contributed by atoms with van der Waals surface area (Å²) in [5.41, 5.74) is 5.26. The second-order valence-corrected chi connectivity index (χ2v) is 4.89. The van der Waals surface area contributed by atoms with Gasteiger partial charge in [-0.25, -0.2) is 0 Å². The van der Waals surface area contributed by atoms with E-state index in [9.17, 15) is 4.79 Å². The summed E-state index contributed by atoms with van der Waals surface area (Å²) in [7, 11) is 0. The zero-order chi connectivity index (χ0) is 11.9. The van der Waals surface area contributed by atoms with Crippen LogP contribution in [0.15, 0.2) is 0 Å². The number of carbonyl (C=O) groups is 1. The van der Waals surface area contributed by atoms with Crippen LogP contribution < -0.4 is 5.73 Å². The maximum absolute atomic E-state index is 11.6. The number of unbranched alkanes of at least 4 members (excludes halogenated alkanes) is 5. The molecule has 3 heteroatoms. The van der Waals surface area contributed by atoms with Crippen LogP contribution in [0.1, 0.15) is 58.3 Å². The molecule has 16 heavy (non-hydrogen) atoms. The van der Waals surface area contributed by atoms with Crippen molar-refractivity contribution in [2.75, 3.05) is 13.2 Å². The Hall–Kier alpha value is -0.570. The van der Waals surface area contributed by atoms with Gasteiger partial charge in [-0.1, -0.05) is 39.0 Å². The molecule has 0 radical (unpaired) electrons. The molecule has 0 atom stereocenters. The summed E-state index contributed by atoms with van der Waals surface area (Å²) in [5.74, 6) is -0.0661. The Kier molecular flexibility index (Phi) is 5.81. The molecule has 0 unspecified atom stereocenters. The van der Waals surface area contributed by atoms with Crippen LogP contribution in [-0.2, 0) is 9.53 Å². The Morgan fingerprint density at radius 2 is 1.81 bits per heavy atom. The summed E-state index contributed by atoms with van der Waals surface area (Å²) in [6, 6.07) is 0. The van der Waals surface area contributed by atoms with Crippen molar-refractivity contribution in [3.05, 3.63) is 0 Å². The molecule has 0 aromatic heterocycles. The van der Waals surface area contributed by atoms with Gasteiger partial charge in [0, 0.05) is 6.54 Å². The summed E-state index contributed by atoms with van der Waals surface area (Å²) in [6.07, 6.45) is 9.14. The molecule has 0 spiro atoms. The molecule has 1 aliphatic rings. The van der Waals surface area contributed by atoms with E-state index in [0.717, 1.165) is 19.3 Å². The molecule has 1 saturated carbocycles. The number of nitrogens with two attached hydrogens (primary N) is 1. The van der Waals surface area contributed by atoms with Crippen molar-refractivity contribution in [3.63, 3.8) is 0 Å². The second-order valence-electron chi connectivity index (χ2n) is 4.89. The molecule has 1 fully saturated rings. The standard InChI is InChI=1S/C13H25NO2/c1-2-3-4-5-6-7-10-16-12(15)13(11-14)8-9-13/h2-11,14H2,1H3. The van der Waals surface area contributed by atoms with Crippen LogP contribution in [0.3, 0.4) is 0 Å². The highest BCUT2D eigenvalue weighted by molar-refractivity contribution is 5.80. The molecule has 3 nitrogen and oxygen atoms in total. The molecule has 0 saturated heterocycles. The highest BCUT2D eigenvalue weighted by Crippen LogP contribution is 2.45. The van der Waals surface area contributed by atoms with Crippen molar-refractivity contribution in [1.82, 2.24) is 0 Å². The van der Waals surface area contributed by atoms with E-state index in [4.69, 9.17) is 10.5 Å². The SMILES string of the molecule is CCCCCCCCOC(=O)C1(CN)CC1. The van der Waals surface area contributed by atoms with Crippen LogP contribution in [0.5, 0.6) is 0 Å². The van der Waals surface area contributed by atoms with Crippen LogP contribution in [-0.4, -0.2) is 19.1 Å². The minimum atomic E-state index is -0.289. The normalized spacial score (nSPS) is 17.1. The molecule has 94 valence electrons. The van der Waals surface area contributed by atoms with Crippen molar-refractivity contribution in [2.24, 2.45) is 11.1 Å². The Balaban J connectivity index is 1.93. The Morgan fingerprint density at radius 1 is 1.19 bits per heavy atom. The Morgan fingerprint density at radius 3 is 2.38 bits per heavy atom. The zero-order valence-corrected chi connectivity index (χ0v) is 10.5. The fourth-order valence-electron chi connectivity index (χ4n) is 1.84. The zero-order valence-electron chi connectivity index (χ0n) is 10.5. The first kappa shape index (κ1) is 13.5. The van der Waals surface area contributed by atoms with Gasteiger partial charge in [-0.3, -0.25) is 4.79 Å². The summed E-state index contributed by atoms with van der Waals surface area (Å²) in [5, 5.41) is 0. The van der Waals surface area contributed by atoms with Crippen LogP contribution in [0.4, 0.5) is 0 Å². The van der Waals surface area contributed by atoms with Crippen molar-refractivity contribution in [3.8, 4) is 0 Å². The topological polar surface area (TPSA) is 52.3 Å². The third-order valence-corrected chi connectivity index (χ3v) is 3.41. The fourth-order valence-corrected chi connectivity index (χ4v) is 1.84. The Bertz CT molecular complexity index is 212. The molecule has 0 aliphatic heterocycles. The first-order valence-electron chi connectivity index (χ1n) is 6.62. The smallest absolute Gasteiger partial charge is 0.313 e. The van der Waals surface area contributed by atoms with Crippen LogP contribution >= 0.6 is 0 Å². The summed E-state index contributed by atoms with van der Waals surface area (Å²) in [4.78, 5) is 11.6. The summed E-state index contributed by atoms with van der Waals surface area (Å²) < 4.78 is 5.25. The molecule has 2 N–H and O–H groups in total. The van der Waals surface area contributed by atoms with Crippen molar-refractivity contribution in [2.45, 2.75) is 58.3 Å². The van der Waals surface area contributed by atoms with Crippen molar-refractivity contribution < 1.29 is 9.53 Å². The minimum Gasteiger partial charge on any atom is -0.465 e. The molecule has 0 aromatic carbocycles. The Labute approximate surface area is 98.7 Å². The van der Waals surface area contributed by atoms with Gasteiger partial charge in [0.15, 0.2) is 0 Å². The molecular formula is C13H25NO2. The van der Waals surface area contributed by atoms with Gasteiger partial charge < -0.3 is 10.5 Å². The van der Waals surface area contributed by atoms with Gasteiger partial charge in [0.1, 0.15) is 0 Å². The summed E-state index contributed by atoms with van der Waals surface area (Å²) >= 11 is 0. The number of hydrogen-bond donors (Lipinski definition) is 1. The van der Waals surface area contributed by atoms with Gasteiger partial charge >= 0.3 is 5.97 Å². The quantitative estimate of drug-likeness (QED) is 0.486. The first-order chi connectivity index (χ1) is 7.75. The van der Waals surface area contributed by atoms with E-state index in [-0.39, 0.29) is 11.4 Å². The maximum Gasteiger partial charge on any atom is 0.313 e. The molecule has 1 aliphatic carbocycles. The van der Waals surface area contributed by atoms with Gasteiger partial charge in [0.05, 0.1) is 12.0 Å². The van der Waals surface area contributed by atoms with E-state index in [2.05, 4.69) is 6.92 Å². The highest BCUT2D eigenvalue weighted by atomic mass is 16.5. The lowest BCUT2D eigenvalue weighted by Crippen LogP contribution is -2.27. The van der Waals surface area contributed by atoms with Crippen molar-refractivity contribution in [1.29, 1.82) is 0 Å². The average Bonchev–Trinajstić information content (AvgIpc) is 3.08. The summed E-state index contributed by atoms with van der Waals surface area (Å²) in [6.45, 7) is 3.23. The molecule has 1 rings (SSSR count). The first-order valence-corrected chi connectivity index (χ1v) is 6.62. The second kappa shape index (κ2) is 6.89. The largest absolute Gasteiger partial charge is 0.465 e. The van der Waals surface area contributed by atoms with Gasteiger partial charge in [0.25, 0.3) is 0 Å². The van der Waals surface area contributed by atoms with E-state index < -0.39 is 0 Å². The van der Waals surface area contributed by atoms with Crippen LogP contribution in [0.25, 0.3) is 0 Å². The van der Waals surface area contributed by atoms with E-state index in [1.54, 1.807) is 0 Å². The fraction of sp³-hybridized carbons (Fsp3) is 0.923. The monoisotopic (exact) mass is 227 g/mol. The predicted octanol–water partition coefficient (Wildman–Crippen LogP) is 2.63. The number of carbonyl (C=O) groups excluding carboxylic acids is 1. The number of hydrogen-bond acceptors (Lipinski definition) is 3. The van der Waals surface area contributed by atoms with Crippen LogP contribution in [0.2, 0.25) is 0 Å². The van der Waals surface area contributed by atoms with Gasteiger partial charge in [-0.15, -0.1) is 0 Å². The van der Waals surface area contributed by atoms with E-state index in [0.29, 0.717) is 13.2 Å². The minimum absolute atomic E-state index is 0.0661. The molecule has 0 amide bonds. The molecule has 0 aromatic rings. The number of ether oxygens (including phenoxy) is 1. The predicted molar refractivity (Wildman–Crippen MR) is 65.1 cm³/mol. The molecular weight excluding hydrogens is 202 g/mol. The molecule has 0 bridgehead atoms.